The number of nitrogens with one attached hydrogen (secondary N) is 1. The van der Waals surface area contributed by atoms with Crippen molar-refractivity contribution in [1.29, 1.82) is 0 Å². The van der Waals surface area contributed by atoms with Crippen molar-refractivity contribution in [2.75, 3.05) is 19.7 Å². The van der Waals surface area contributed by atoms with Gasteiger partial charge in [-0.3, -0.25) is 9.69 Å². The van der Waals surface area contributed by atoms with Gasteiger partial charge in [-0.2, -0.15) is 0 Å². The summed E-state index contributed by atoms with van der Waals surface area (Å²) in [5, 5.41) is 2.80. The first kappa shape index (κ1) is 25.6. The lowest BCUT2D eigenvalue weighted by Crippen LogP contribution is -2.35. The summed E-state index contributed by atoms with van der Waals surface area (Å²) in [5.41, 5.74) is 1.70. The monoisotopic (exact) mass is 535 g/mol. The maximum Gasteiger partial charge on any atom is 0.267 e. The van der Waals surface area contributed by atoms with Crippen LogP contribution in [0.2, 0.25) is 0 Å². The Labute approximate surface area is 216 Å². The van der Waals surface area contributed by atoms with Crippen molar-refractivity contribution >= 4 is 27.3 Å². The Kier molecular flexibility index (Phi) is 7.38. The van der Waals surface area contributed by atoms with Gasteiger partial charge in [-0.1, -0.05) is 13.8 Å². The Morgan fingerprint density at radius 3 is 2.53 bits per heavy atom. The van der Waals surface area contributed by atoms with Crippen molar-refractivity contribution in [2.45, 2.75) is 76.0 Å². The number of likely N-dealkylation sites (tertiary alicyclic amines) is 1. The van der Waals surface area contributed by atoms with Gasteiger partial charge in [0.05, 0.1) is 28.1 Å². The first-order valence-electron chi connectivity index (χ1n) is 12.9. The molecule has 1 aromatic carbocycles. The number of halogens is 1. The number of nitrogens with zero attached hydrogens (tertiary/aromatic N) is 2. The van der Waals surface area contributed by atoms with Crippen LogP contribution in [0.3, 0.4) is 0 Å². The average Bonchev–Trinajstić information content (AvgIpc) is 3.76. The van der Waals surface area contributed by atoms with E-state index in [-0.39, 0.29) is 11.5 Å². The van der Waals surface area contributed by atoms with Gasteiger partial charge >= 0.3 is 0 Å². The summed E-state index contributed by atoms with van der Waals surface area (Å²) < 4.78 is 47.3. The molecule has 1 aromatic heterocycles. The van der Waals surface area contributed by atoms with Crippen LogP contribution in [0.25, 0.3) is 0 Å². The number of carbonyl (C=O) groups is 1. The highest BCUT2D eigenvalue weighted by atomic mass is 32.2. The third-order valence-corrected chi connectivity index (χ3v) is 10.2. The van der Waals surface area contributed by atoms with Gasteiger partial charge in [0.1, 0.15) is 11.6 Å². The highest BCUT2D eigenvalue weighted by Gasteiger charge is 2.38. The number of ether oxygens (including phenoxy) is 1. The Morgan fingerprint density at radius 2 is 1.92 bits per heavy atom. The van der Waals surface area contributed by atoms with Gasteiger partial charge in [-0.25, -0.2) is 22.5 Å². The fourth-order valence-corrected chi connectivity index (χ4v) is 6.76. The van der Waals surface area contributed by atoms with Crippen LogP contribution in [0.4, 0.5) is 4.39 Å². The molecular formula is C26H34FN3O4S2. The summed E-state index contributed by atoms with van der Waals surface area (Å²) in [5.74, 6) is -0.121. The molecule has 36 heavy (non-hydrogen) atoms. The van der Waals surface area contributed by atoms with E-state index in [2.05, 4.69) is 24.1 Å². The molecule has 0 atom stereocenters. The van der Waals surface area contributed by atoms with Crippen LogP contribution in [0.1, 0.15) is 90.8 Å². The minimum Gasteiger partial charge on any atom is -0.493 e. The minimum absolute atomic E-state index is 0.225. The van der Waals surface area contributed by atoms with Crippen LogP contribution >= 0.6 is 11.3 Å². The number of thiazole rings is 1. The third kappa shape index (κ3) is 6.08. The zero-order valence-corrected chi connectivity index (χ0v) is 22.5. The Bertz CT molecular complexity index is 1210. The highest BCUT2D eigenvalue weighted by Crippen LogP contribution is 2.45. The lowest BCUT2D eigenvalue weighted by molar-refractivity contribution is 0.0977. The van der Waals surface area contributed by atoms with E-state index in [4.69, 9.17) is 9.72 Å². The zero-order chi connectivity index (χ0) is 25.4. The molecule has 0 bridgehead atoms. The Hall–Kier alpha value is -2.04. The van der Waals surface area contributed by atoms with Gasteiger partial charge in [0.25, 0.3) is 5.91 Å². The molecule has 10 heteroatoms. The largest absolute Gasteiger partial charge is 0.493 e. The molecule has 0 unspecified atom stereocenters. The number of hydrogen-bond donors (Lipinski definition) is 1. The van der Waals surface area contributed by atoms with Crippen LogP contribution in [0.15, 0.2) is 17.5 Å². The van der Waals surface area contributed by atoms with Crippen molar-refractivity contribution < 1.29 is 22.3 Å². The quantitative estimate of drug-likeness (QED) is 0.470. The van der Waals surface area contributed by atoms with Crippen LogP contribution in [-0.4, -0.2) is 49.2 Å². The zero-order valence-electron chi connectivity index (χ0n) is 20.8. The average molecular weight is 536 g/mol. The van der Waals surface area contributed by atoms with Gasteiger partial charge in [0.15, 0.2) is 0 Å². The standard InChI is InChI=1S/C26H34FN3O4S2/c1-16(2)26-28-19(15-35-26)13-30-9-7-17(8-10-30)14-34-24-12-23(27)22(11-21(24)18-3-4-18)25(31)29-36(32,33)20-5-6-20/h11-12,15-18,20H,3-10,13-14H2,1-2H3,(H,29,31). The normalized spacial score (nSPS) is 19.6. The topological polar surface area (TPSA) is 88.6 Å². The van der Waals surface area contributed by atoms with Gasteiger partial charge in [0.2, 0.25) is 10.0 Å². The van der Waals surface area contributed by atoms with E-state index in [1.54, 1.807) is 11.3 Å². The molecule has 1 saturated heterocycles. The van der Waals surface area contributed by atoms with E-state index < -0.39 is 27.0 Å². The molecule has 0 radical (unpaired) electrons. The second-order valence-electron chi connectivity index (χ2n) is 10.7. The van der Waals surface area contributed by atoms with E-state index >= 15 is 0 Å². The fourth-order valence-electron chi connectivity index (χ4n) is 4.64. The lowest BCUT2D eigenvalue weighted by atomic mass is 9.97. The maximum atomic E-state index is 14.9. The molecule has 2 heterocycles. The molecule has 1 N–H and O–H groups in total. The number of sulfonamides is 1. The molecule has 7 nitrogen and oxygen atoms in total. The summed E-state index contributed by atoms with van der Waals surface area (Å²) in [6.45, 7) is 7.64. The van der Waals surface area contributed by atoms with Crippen molar-refractivity contribution in [2.24, 2.45) is 5.92 Å². The molecule has 196 valence electrons. The summed E-state index contributed by atoms with van der Waals surface area (Å²) in [7, 11) is -3.74. The predicted molar refractivity (Wildman–Crippen MR) is 137 cm³/mol. The summed E-state index contributed by atoms with van der Waals surface area (Å²) in [6, 6.07) is 2.75. The van der Waals surface area contributed by atoms with Crippen LogP contribution in [0.5, 0.6) is 5.75 Å². The Morgan fingerprint density at radius 1 is 1.19 bits per heavy atom. The van der Waals surface area contributed by atoms with E-state index in [0.29, 0.717) is 37.0 Å². The van der Waals surface area contributed by atoms with Crippen molar-refractivity contribution in [3.05, 3.63) is 45.2 Å². The molecule has 5 rings (SSSR count). The first-order chi connectivity index (χ1) is 17.2. The minimum atomic E-state index is -3.74. The molecule has 2 aromatic rings. The van der Waals surface area contributed by atoms with E-state index in [0.717, 1.165) is 56.6 Å². The van der Waals surface area contributed by atoms with Crippen molar-refractivity contribution in [1.82, 2.24) is 14.6 Å². The molecule has 2 saturated carbocycles. The summed E-state index contributed by atoms with van der Waals surface area (Å²) in [6.07, 6.45) is 4.99. The second-order valence-corrected chi connectivity index (χ2v) is 13.5. The first-order valence-corrected chi connectivity index (χ1v) is 15.3. The maximum absolute atomic E-state index is 14.9. The number of aromatic nitrogens is 1. The molecule has 3 fully saturated rings. The second kappa shape index (κ2) is 10.4. The molecule has 2 aliphatic carbocycles. The highest BCUT2D eigenvalue weighted by molar-refractivity contribution is 7.91. The van der Waals surface area contributed by atoms with Gasteiger partial charge < -0.3 is 4.74 Å². The van der Waals surface area contributed by atoms with E-state index in [1.807, 2.05) is 4.72 Å². The van der Waals surface area contributed by atoms with Gasteiger partial charge in [-0.05, 0) is 75.1 Å². The van der Waals surface area contributed by atoms with Gasteiger partial charge in [0, 0.05) is 23.9 Å². The smallest absolute Gasteiger partial charge is 0.267 e. The van der Waals surface area contributed by atoms with Crippen molar-refractivity contribution in [3.63, 3.8) is 0 Å². The Balaban J connectivity index is 1.17. The van der Waals surface area contributed by atoms with E-state index in [1.165, 1.54) is 17.1 Å². The van der Waals surface area contributed by atoms with Crippen LogP contribution < -0.4 is 9.46 Å². The number of carbonyl (C=O) groups excluding carboxylic acids is 1. The van der Waals surface area contributed by atoms with Crippen molar-refractivity contribution in [3.8, 4) is 5.75 Å². The fraction of sp³-hybridized carbons (Fsp3) is 0.615. The van der Waals surface area contributed by atoms with Gasteiger partial charge in [-0.15, -0.1) is 11.3 Å². The van der Waals surface area contributed by atoms with Crippen LogP contribution in [-0.2, 0) is 16.6 Å². The molecule has 1 aliphatic heterocycles. The van der Waals surface area contributed by atoms with Crippen LogP contribution in [0, 0.1) is 11.7 Å². The number of benzene rings is 1. The SMILES string of the molecule is CC(C)c1nc(CN2CCC(COc3cc(F)c(C(=O)NS(=O)(=O)C4CC4)cc3C3CC3)CC2)cs1. The third-order valence-electron chi connectivity index (χ3n) is 7.19. The lowest BCUT2D eigenvalue weighted by Gasteiger charge is -2.31. The predicted octanol–water partition coefficient (Wildman–Crippen LogP) is 4.80. The number of rotatable bonds is 10. The molecular weight excluding hydrogens is 501 g/mol. The number of piperidine rings is 1. The summed E-state index contributed by atoms with van der Waals surface area (Å²) >= 11 is 1.73. The molecule has 3 aliphatic rings. The number of amides is 1. The molecule has 1 amide bonds. The number of hydrogen-bond acceptors (Lipinski definition) is 7. The van der Waals surface area contributed by atoms with E-state index in [9.17, 15) is 17.6 Å². The molecule has 0 spiro atoms. The summed E-state index contributed by atoms with van der Waals surface area (Å²) in [4.78, 5) is 19.7.